The van der Waals surface area contributed by atoms with Gasteiger partial charge < -0.3 is 33.8 Å². The SMILES string of the molecule is CCC/C=C\C/C=C\CCCCCCCC(=O)OCC(COP(=O)(O)OCC(O)COP(=O)(O)OCC(COC(=O)CCCCCCCCCCCCCCCCC)OC(=O)CCCCCCC/C=C\CCCC)OC(=O)CCCCCCCCCCCCCCC. The van der Waals surface area contributed by atoms with Crippen molar-refractivity contribution < 1.29 is 80.2 Å². The number of phosphoric ester groups is 2. The topological polar surface area (TPSA) is 237 Å². The molecular weight excluding hydrogens is 1210 g/mol. The quantitative estimate of drug-likeness (QED) is 0.0169. The van der Waals surface area contributed by atoms with E-state index >= 15 is 0 Å². The molecule has 19 heteroatoms. The van der Waals surface area contributed by atoms with Crippen LogP contribution in [-0.4, -0.2) is 96.7 Å². The third-order valence-corrected chi connectivity index (χ3v) is 18.0. The fourth-order valence-electron chi connectivity index (χ4n) is 10.4. The number of aliphatic hydroxyl groups excluding tert-OH is 1. The molecule has 17 nitrogen and oxygen atoms in total. The van der Waals surface area contributed by atoms with Crippen molar-refractivity contribution in [2.75, 3.05) is 39.6 Å². The van der Waals surface area contributed by atoms with Crippen LogP contribution in [0, 0.1) is 0 Å². The number of rotatable bonds is 71. The van der Waals surface area contributed by atoms with Crippen molar-refractivity contribution in [2.24, 2.45) is 0 Å². The highest BCUT2D eigenvalue weighted by Crippen LogP contribution is 2.45. The highest BCUT2D eigenvalue weighted by molar-refractivity contribution is 7.47. The minimum atomic E-state index is -4.96. The van der Waals surface area contributed by atoms with Crippen molar-refractivity contribution in [3.05, 3.63) is 36.5 Å². The summed E-state index contributed by atoms with van der Waals surface area (Å²) >= 11 is 0. The maximum atomic E-state index is 13.0. The molecule has 0 aromatic heterocycles. The Morgan fingerprint density at radius 2 is 0.565 bits per heavy atom. The first-order chi connectivity index (χ1) is 44.7. The molecule has 0 fully saturated rings. The first-order valence-electron chi connectivity index (χ1n) is 37.2. The molecular formula is C73H136O17P2. The number of hydrogen-bond donors (Lipinski definition) is 3. The molecule has 0 aliphatic rings. The van der Waals surface area contributed by atoms with Gasteiger partial charge in [-0.15, -0.1) is 0 Å². The summed E-state index contributed by atoms with van der Waals surface area (Å²) in [4.78, 5) is 72.6. The molecule has 0 spiro atoms. The molecule has 5 atom stereocenters. The zero-order chi connectivity index (χ0) is 67.5. The Morgan fingerprint density at radius 3 is 0.891 bits per heavy atom. The number of ether oxygens (including phenoxy) is 4. The lowest BCUT2D eigenvalue weighted by molar-refractivity contribution is -0.161. The van der Waals surface area contributed by atoms with Gasteiger partial charge in [-0.1, -0.05) is 289 Å². The third kappa shape index (κ3) is 65.9. The molecule has 0 bridgehead atoms. The van der Waals surface area contributed by atoms with Crippen molar-refractivity contribution in [2.45, 2.75) is 367 Å². The fraction of sp³-hybridized carbons (Fsp3) is 0.863. The Balaban J connectivity index is 5.27. The Kier molecular flexibility index (Phi) is 64.9. The van der Waals surface area contributed by atoms with E-state index < -0.39 is 97.5 Å². The number of carbonyl (C=O) groups excluding carboxylic acids is 4. The van der Waals surface area contributed by atoms with E-state index in [2.05, 4.69) is 64.2 Å². The lowest BCUT2D eigenvalue weighted by atomic mass is 10.0. The Hall–Kier alpha value is -2.72. The molecule has 92 heavy (non-hydrogen) atoms. The summed E-state index contributed by atoms with van der Waals surface area (Å²) in [6.07, 6.45) is 60.0. The van der Waals surface area contributed by atoms with E-state index in [-0.39, 0.29) is 25.7 Å². The number of hydrogen-bond acceptors (Lipinski definition) is 15. The summed E-state index contributed by atoms with van der Waals surface area (Å²) in [6.45, 7) is 4.81. The number of phosphoric acid groups is 2. The van der Waals surface area contributed by atoms with Crippen LogP contribution in [0.2, 0.25) is 0 Å². The summed E-state index contributed by atoms with van der Waals surface area (Å²) in [7, 11) is -9.92. The average molecular weight is 1350 g/mol. The molecule has 0 saturated heterocycles. The lowest BCUT2D eigenvalue weighted by Crippen LogP contribution is -2.30. The third-order valence-electron chi connectivity index (χ3n) is 16.1. The molecule has 0 aliphatic heterocycles. The van der Waals surface area contributed by atoms with E-state index in [0.717, 1.165) is 135 Å². The van der Waals surface area contributed by atoms with Crippen LogP contribution in [0.1, 0.15) is 349 Å². The van der Waals surface area contributed by atoms with E-state index in [1.165, 1.54) is 135 Å². The fourth-order valence-corrected chi connectivity index (χ4v) is 11.9. The number of aliphatic hydroxyl groups is 1. The summed E-state index contributed by atoms with van der Waals surface area (Å²) in [6, 6.07) is 0. The molecule has 3 N–H and O–H groups in total. The van der Waals surface area contributed by atoms with Crippen molar-refractivity contribution >= 4 is 39.5 Å². The first-order valence-corrected chi connectivity index (χ1v) is 40.2. The minimum absolute atomic E-state index is 0.0916. The molecule has 0 radical (unpaired) electrons. The molecule has 0 rings (SSSR count). The van der Waals surface area contributed by atoms with Gasteiger partial charge >= 0.3 is 39.5 Å². The number of carbonyl (C=O) groups is 4. The second-order valence-electron chi connectivity index (χ2n) is 25.2. The van der Waals surface area contributed by atoms with Crippen LogP contribution < -0.4 is 0 Å². The first kappa shape index (κ1) is 89.3. The normalized spacial score (nSPS) is 14.2. The predicted octanol–water partition coefficient (Wildman–Crippen LogP) is 20.8. The van der Waals surface area contributed by atoms with Crippen LogP contribution in [0.3, 0.4) is 0 Å². The monoisotopic (exact) mass is 1350 g/mol. The smallest absolute Gasteiger partial charge is 0.462 e. The summed E-state index contributed by atoms with van der Waals surface area (Å²) in [5.74, 6) is -2.16. The highest BCUT2D eigenvalue weighted by Gasteiger charge is 2.30. The van der Waals surface area contributed by atoms with Gasteiger partial charge in [0, 0.05) is 25.7 Å². The van der Waals surface area contributed by atoms with Gasteiger partial charge in [0.05, 0.1) is 26.4 Å². The second kappa shape index (κ2) is 66.9. The lowest BCUT2D eigenvalue weighted by Gasteiger charge is -2.21. The zero-order valence-electron chi connectivity index (χ0n) is 58.7. The van der Waals surface area contributed by atoms with Crippen LogP contribution in [-0.2, 0) is 65.4 Å². The number of unbranched alkanes of at least 4 members (excludes halogenated alkanes) is 39. The Bertz CT molecular complexity index is 1900. The van der Waals surface area contributed by atoms with E-state index in [1.54, 1.807) is 0 Å². The minimum Gasteiger partial charge on any atom is -0.462 e. The summed E-state index contributed by atoms with van der Waals surface area (Å²) in [5.41, 5.74) is 0. The maximum absolute atomic E-state index is 13.0. The Morgan fingerprint density at radius 1 is 0.304 bits per heavy atom. The van der Waals surface area contributed by atoms with Gasteiger partial charge in [0.25, 0.3) is 0 Å². The van der Waals surface area contributed by atoms with Gasteiger partial charge in [0.15, 0.2) is 12.2 Å². The van der Waals surface area contributed by atoms with Crippen LogP contribution in [0.5, 0.6) is 0 Å². The molecule has 0 saturated carbocycles. The van der Waals surface area contributed by atoms with Crippen molar-refractivity contribution in [1.29, 1.82) is 0 Å². The molecule has 0 aromatic carbocycles. The summed E-state index contributed by atoms with van der Waals surface area (Å²) in [5, 5.41) is 10.6. The largest absolute Gasteiger partial charge is 0.472 e. The van der Waals surface area contributed by atoms with Gasteiger partial charge in [-0.3, -0.25) is 37.3 Å². The van der Waals surface area contributed by atoms with Gasteiger partial charge in [0.1, 0.15) is 19.3 Å². The van der Waals surface area contributed by atoms with Crippen LogP contribution in [0.25, 0.3) is 0 Å². The van der Waals surface area contributed by atoms with E-state index in [0.29, 0.717) is 25.7 Å². The van der Waals surface area contributed by atoms with Gasteiger partial charge in [-0.25, -0.2) is 9.13 Å². The molecule has 0 aromatic rings. The standard InChI is InChI=1S/C73H136O17P2/c1-5-9-13-17-21-25-29-32-33-36-39-42-46-50-54-58-71(76)84-63-68(89-72(77)59-55-51-47-43-37-28-24-20-16-12-8-4)65-87-91(79,80)85-61-67(74)62-86-92(81,82)88-66-69(90-73(78)60-56-52-48-44-40-35-31-27-23-19-15-11-7-3)64-83-70(75)57-53-49-45-41-38-34-30-26-22-18-14-10-6-2/h14,18,20,24,26,30,67-69,74H,5-13,15-17,19,21-23,25,27-29,31-66H2,1-4H3,(H,79,80)(H,81,82)/b18-14-,24-20-,30-26-. The van der Waals surface area contributed by atoms with E-state index in [4.69, 9.17) is 37.0 Å². The van der Waals surface area contributed by atoms with Gasteiger partial charge in [-0.2, -0.15) is 0 Å². The predicted molar refractivity (Wildman–Crippen MR) is 372 cm³/mol. The maximum Gasteiger partial charge on any atom is 0.472 e. The summed E-state index contributed by atoms with van der Waals surface area (Å²) < 4.78 is 68.3. The van der Waals surface area contributed by atoms with E-state index in [9.17, 15) is 43.2 Å². The number of allylic oxidation sites excluding steroid dienone is 6. The molecule has 540 valence electrons. The van der Waals surface area contributed by atoms with Crippen molar-refractivity contribution in [3.8, 4) is 0 Å². The highest BCUT2D eigenvalue weighted by atomic mass is 31.2. The van der Waals surface area contributed by atoms with Gasteiger partial charge in [-0.05, 0) is 70.6 Å². The molecule has 0 amide bonds. The van der Waals surface area contributed by atoms with Crippen LogP contribution >= 0.6 is 15.6 Å². The zero-order valence-corrected chi connectivity index (χ0v) is 60.5. The Labute approximate surface area is 560 Å². The second-order valence-corrected chi connectivity index (χ2v) is 28.2. The van der Waals surface area contributed by atoms with Crippen molar-refractivity contribution in [3.63, 3.8) is 0 Å². The molecule has 0 aliphatic carbocycles. The van der Waals surface area contributed by atoms with E-state index in [1.807, 2.05) is 0 Å². The van der Waals surface area contributed by atoms with Crippen molar-refractivity contribution in [1.82, 2.24) is 0 Å². The van der Waals surface area contributed by atoms with Gasteiger partial charge in [0.2, 0.25) is 0 Å². The molecule has 0 heterocycles. The number of esters is 4. The molecule has 5 unspecified atom stereocenters. The van der Waals surface area contributed by atoms with Crippen LogP contribution in [0.4, 0.5) is 0 Å². The average Bonchev–Trinajstić information content (AvgIpc) is 3.33. The van der Waals surface area contributed by atoms with Crippen LogP contribution in [0.15, 0.2) is 36.5 Å².